The van der Waals surface area contributed by atoms with Gasteiger partial charge >= 0.3 is 18.2 Å². The van der Waals surface area contributed by atoms with E-state index in [1.165, 1.54) is 0 Å². The third-order valence-electron chi connectivity index (χ3n) is 7.57. The fourth-order valence-corrected chi connectivity index (χ4v) is 6.18. The molecule has 2 fully saturated rings. The summed E-state index contributed by atoms with van der Waals surface area (Å²) in [5, 5.41) is 19.8. The van der Waals surface area contributed by atoms with Crippen LogP contribution in [0.5, 0.6) is 0 Å². The van der Waals surface area contributed by atoms with E-state index in [0.717, 1.165) is 43.2 Å². The standard InChI is InChI=1S/C26H28N2O6/c29-23(30)16-34-25(31)27(18-13-14-18)24-19-9-4-5-11-21(19)28(26(32)33,22-12-6-10-20(22)24)15-17-7-2-1-3-8-17/h1-5,7-9,11,18,20,22,24H,6,10,12-16H2,(H-,29,30,32,33)/p+1/t20-,22+,24-,28+/m0/s1. The van der Waals surface area contributed by atoms with Crippen molar-refractivity contribution >= 4 is 23.8 Å². The monoisotopic (exact) mass is 465 g/mol. The molecule has 0 unspecified atom stereocenters. The number of para-hydroxylation sites is 1. The van der Waals surface area contributed by atoms with Gasteiger partial charge in [0.05, 0.1) is 6.04 Å². The van der Waals surface area contributed by atoms with E-state index in [0.29, 0.717) is 12.2 Å². The molecule has 2 aromatic carbocycles. The van der Waals surface area contributed by atoms with Crippen molar-refractivity contribution in [3.05, 3.63) is 65.7 Å². The molecule has 1 heterocycles. The second-order valence-corrected chi connectivity index (χ2v) is 9.55. The van der Waals surface area contributed by atoms with Crippen molar-refractivity contribution in [2.45, 2.75) is 56.8 Å². The molecule has 0 radical (unpaired) electrons. The highest BCUT2D eigenvalue weighted by Crippen LogP contribution is 2.56. The van der Waals surface area contributed by atoms with Gasteiger partial charge in [-0.1, -0.05) is 48.5 Å². The summed E-state index contributed by atoms with van der Waals surface area (Å²) in [5.74, 6) is -1.26. The lowest BCUT2D eigenvalue weighted by Gasteiger charge is -2.50. The molecule has 0 aromatic heterocycles. The maximum absolute atomic E-state index is 13.1. The molecule has 2 amide bonds. The molecule has 2 N–H and O–H groups in total. The van der Waals surface area contributed by atoms with E-state index in [1.54, 1.807) is 4.90 Å². The largest absolute Gasteiger partial charge is 0.519 e. The molecule has 8 heteroatoms. The SMILES string of the molecule is O=C(O)COC(=O)N(C1CC1)[C@H]1c2ccccc2[N@@+](Cc2ccccc2)(C(=O)O)[C@@H]2CCC[C@@H]21. The number of quaternary nitrogens is 1. The minimum Gasteiger partial charge on any atom is -0.479 e. The fourth-order valence-electron chi connectivity index (χ4n) is 6.18. The minimum atomic E-state index is -1.20. The van der Waals surface area contributed by atoms with Crippen molar-refractivity contribution < 1.29 is 29.3 Å². The lowest BCUT2D eigenvalue weighted by atomic mass is 9.79. The molecule has 5 rings (SSSR count). The molecular formula is C26H29N2O6+. The number of benzene rings is 2. The molecule has 178 valence electrons. The van der Waals surface area contributed by atoms with Crippen LogP contribution in [0.25, 0.3) is 0 Å². The molecule has 0 spiro atoms. The first-order valence-corrected chi connectivity index (χ1v) is 11.8. The van der Waals surface area contributed by atoms with Crippen LogP contribution in [0.2, 0.25) is 0 Å². The Bertz CT molecular complexity index is 1100. The van der Waals surface area contributed by atoms with Crippen LogP contribution in [-0.4, -0.2) is 52.0 Å². The summed E-state index contributed by atoms with van der Waals surface area (Å²) >= 11 is 0. The Labute approximate surface area is 197 Å². The van der Waals surface area contributed by atoms with Crippen LogP contribution in [-0.2, 0) is 16.1 Å². The number of fused-ring (bicyclic) bond motifs is 2. The third kappa shape index (κ3) is 3.72. The van der Waals surface area contributed by atoms with E-state index in [-0.39, 0.29) is 28.5 Å². The fraction of sp³-hybridized carbons (Fsp3) is 0.423. The highest BCUT2D eigenvalue weighted by molar-refractivity contribution is 5.84. The predicted octanol–water partition coefficient (Wildman–Crippen LogP) is 4.78. The van der Waals surface area contributed by atoms with E-state index >= 15 is 0 Å². The minimum absolute atomic E-state index is 0.0143. The molecule has 8 nitrogen and oxygen atoms in total. The topological polar surface area (TPSA) is 104 Å². The van der Waals surface area contributed by atoms with Gasteiger partial charge < -0.3 is 14.9 Å². The summed E-state index contributed by atoms with van der Waals surface area (Å²) in [6, 6.07) is 16.7. The van der Waals surface area contributed by atoms with Crippen molar-refractivity contribution in [2.24, 2.45) is 5.92 Å². The number of hydrogen-bond donors (Lipinski definition) is 2. The normalized spacial score (nSPS) is 27.4. The number of hydrogen-bond acceptors (Lipinski definition) is 4. The van der Waals surface area contributed by atoms with E-state index in [2.05, 4.69) is 0 Å². The van der Waals surface area contributed by atoms with Crippen LogP contribution >= 0.6 is 0 Å². The molecule has 3 aliphatic rings. The Kier molecular flexibility index (Phi) is 5.77. The zero-order valence-corrected chi connectivity index (χ0v) is 18.9. The van der Waals surface area contributed by atoms with E-state index in [9.17, 15) is 19.5 Å². The van der Waals surface area contributed by atoms with Crippen molar-refractivity contribution in [1.82, 2.24) is 9.38 Å². The van der Waals surface area contributed by atoms with Crippen LogP contribution in [0.1, 0.15) is 49.3 Å². The van der Waals surface area contributed by atoms with Crippen LogP contribution < -0.4 is 4.48 Å². The van der Waals surface area contributed by atoms with Gasteiger partial charge in [0.25, 0.3) is 0 Å². The number of amides is 2. The highest BCUT2D eigenvalue weighted by Gasteiger charge is 2.61. The Balaban J connectivity index is 1.63. The summed E-state index contributed by atoms with van der Waals surface area (Å²) in [7, 11) is 0. The molecule has 2 saturated carbocycles. The Morgan fingerprint density at radius 2 is 1.65 bits per heavy atom. The average molecular weight is 466 g/mol. The van der Waals surface area contributed by atoms with Gasteiger partial charge in [-0.3, -0.25) is 4.90 Å². The third-order valence-corrected chi connectivity index (χ3v) is 7.57. The van der Waals surface area contributed by atoms with Crippen molar-refractivity contribution in [3.63, 3.8) is 0 Å². The Hall–Kier alpha value is -3.39. The van der Waals surface area contributed by atoms with Gasteiger partial charge in [-0.25, -0.2) is 9.59 Å². The average Bonchev–Trinajstić information content (AvgIpc) is 3.54. The summed E-state index contributed by atoms with van der Waals surface area (Å²) in [4.78, 5) is 39.0. The number of nitrogens with zero attached hydrogens (tertiary/aromatic N) is 2. The highest BCUT2D eigenvalue weighted by atomic mass is 16.6. The lowest BCUT2D eigenvalue weighted by molar-refractivity contribution is -0.140. The maximum atomic E-state index is 13.1. The van der Waals surface area contributed by atoms with Crippen LogP contribution in [0.15, 0.2) is 54.6 Å². The van der Waals surface area contributed by atoms with Crippen LogP contribution in [0.4, 0.5) is 15.3 Å². The summed E-state index contributed by atoms with van der Waals surface area (Å²) in [6.45, 7) is -0.360. The molecule has 1 aliphatic heterocycles. The number of carboxylic acid groups (broad SMARTS) is 2. The van der Waals surface area contributed by atoms with Crippen LogP contribution in [0.3, 0.4) is 0 Å². The first-order chi connectivity index (χ1) is 16.4. The number of carbonyl (C=O) groups excluding carboxylic acids is 1. The molecule has 4 atom stereocenters. The number of carbonyl (C=O) groups is 3. The van der Waals surface area contributed by atoms with E-state index < -0.39 is 24.8 Å². The first-order valence-electron chi connectivity index (χ1n) is 11.8. The van der Waals surface area contributed by atoms with E-state index in [1.807, 2.05) is 54.6 Å². The lowest BCUT2D eigenvalue weighted by Crippen LogP contribution is -2.65. The van der Waals surface area contributed by atoms with Crippen molar-refractivity contribution in [3.8, 4) is 0 Å². The second-order valence-electron chi connectivity index (χ2n) is 9.55. The first kappa shape index (κ1) is 22.4. The smallest absolute Gasteiger partial charge is 0.479 e. The summed E-state index contributed by atoms with van der Waals surface area (Å²) < 4.78 is 4.95. The van der Waals surface area contributed by atoms with Gasteiger partial charge in [-0.15, -0.1) is 0 Å². The Morgan fingerprint density at radius 3 is 2.32 bits per heavy atom. The predicted molar refractivity (Wildman–Crippen MR) is 124 cm³/mol. The summed E-state index contributed by atoms with van der Waals surface area (Å²) in [5.41, 5.74) is 2.47. The van der Waals surface area contributed by atoms with Gasteiger partial charge in [-0.2, -0.15) is 9.28 Å². The number of ether oxygens (including phenoxy) is 1. The molecule has 2 aliphatic carbocycles. The van der Waals surface area contributed by atoms with Crippen molar-refractivity contribution in [1.29, 1.82) is 0 Å². The maximum Gasteiger partial charge on any atom is 0.519 e. The molecule has 0 bridgehead atoms. The van der Waals surface area contributed by atoms with E-state index in [4.69, 9.17) is 9.84 Å². The van der Waals surface area contributed by atoms with Crippen LogP contribution in [0, 0.1) is 5.92 Å². The number of aliphatic carboxylic acids is 1. The van der Waals surface area contributed by atoms with Gasteiger partial charge in [0, 0.05) is 35.6 Å². The quantitative estimate of drug-likeness (QED) is 0.595. The van der Waals surface area contributed by atoms with Gasteiger partial charge in [-0.05, 0) is 25.7 Å². The molecule has 34 heavy (non-hydrogen) atoms. The van der Waals surface area contributed by atoms with Gasteiger partial charge in [0.15, 0.2) is 6.61 Å². The number of rotatable bonds is 6. The second kappa shape index (κ2) is 8.76. The zero-order chi connectivity index (χ0) is 23.9. The molecular weight excluding hydrogens is 436 g/mol. The van der Waals surface area contributed by atoms with Gasteiger partial charge in [0.1, 0.15) is 18.3 Å². The summed E-state index contributed by atoms with van der Waals surface area (Å²) in [6.07, 6.45) is 2.58. The Morgan fingerprint density at radius 1 is 0.941 bits per heavy atom. The molecule has 2 aromatic rings. The van der Waals surface area contributed by atoms with Crippen molar-refractivity contribution in [2.75, 3.05) is 6.61 Å². The molecule has 0 saturated heterocycles. The van der Waals surface area contributed by atoms with Gasteiger partial charge in [0.2, 0.25) is 0 Å². The zero-order valence-electron chi connectivity index (χ0n) is 18.9. The number of carboxylic acids is 1.